The van der Waals surface area contributed by atoms with E-state index in [1.165, 1.54) is 6.26 Å². The van der Waals surface area contributed by atoms with Gasteiger partial charge in [0, 0.05) is 26.2 Å². The molecule has 1 aliphatic heterocycles. The summed E-state index contributed by atoms with van der Waals surface area (Å²) >= 11 is 0. The minimum absolute atomic E-state index is 0.147. The zero-order valence-corrected chi connectivity index (χ0v) is 19.2. The van der Waals surface area contributed by atoms with Gasteiger partial charge in [0.2, 0.25) is 11.6 Å². The molecule has 1 fully saturated rings. The van der Waals surface area contributed by atoms with Gasteiger partial charge in [-0.25, -0.2) is 4.98 Å². The second-order valence-electron chi connectivity index (χ2n) is 7.56. The average Bonchev–Trinajstić information content (AvgIpc) is 3.53. The van der Waals surface area contributed by atoms with E-state index in [-0.39, 0.29) is 5.78 Å². The number of rotatable bonds is 5. The van der Waals surface area contributed by atoms with Crippen LogP contribution in [0.25, 0.3) is 16.8 Å². The van der Waals surface area contributed by atoms with E-state index in [0.717, 1.165) is 56.2 Å². The fraction of sp³-hybridized carbons (Fsp3) is 0.333. The lowest BCUT2D eigenvalue weighted by Gasteiger charge is -2.26. The first-order valence-corrected chi connectivity index (χ1v) is 10.7. The number of nitrogens with zero attached hydrogens (tertiary/aromatic N) is 6. The van der Waals surface area contributed by atoms with Crippen LogP contribution in [0, 0.1) is 27.2 Å². The van der Waals surface area contributed by atoms with Crippen molar-refractivity contribution in [3.05, 3.63) is 80.0 Å². The third-order valence-electron chi connectivity index (χ3n) is 5.39. The molecule has 0 aliphatic carbocycles. The molecular weight excluding hydrogens is 480 g/mol. The molecule has 4 heterocycles. The van der Waals surface area contributed by atoms with Gasteiger partial charge in [0.1, 0.15) is 5.69 Å². The van der Waals surface area contributed by atoms with Crippen LogP contribution >= 0.6 is 0 Å². The summed E-state index contributed by atoms with van der Waals surface area (Å²) in [6.45, 7) is 7.08. The molecule has 192 valence electrons. The predicted octanol–water partition coefficient (Wildman–Crippen LogP) is 2.06. The van der Waals surface area contributed by atoms with E-state index in [1.807, 2.05) is 29.5 Å². The van der Waals surface area contributed by atoms with E-state index in [1.54, 1.807) is 12.1 Å². The summed E-state index contributed by atoms with van der Waals surface area (Å²) in [4.78, 5) is 37.0. The summed E-state index contributed by atoms with van der Waals surface area (Å²) in [6, 6.07) is 11.6. The lowest BCUT2D eigenvalue weighted by molar-refractivity contribution is -0.742. The number of carbonyl (C=O) groups is 1. The van der Waals surface area contributed by atoms with Crippen molar-refractivity contribution in [1.82, 2.24) is 18.9 Å². The molecular formula is C21H24N6O9. The van der Waals surface area contributed by atoms with Gasteiger partial charge in [0.05, 0.1) is 36.2 Å². The zero-order chi connectivity index (χ0) is 26.2. The fourth-order valence-corrected chi connectivity index (χ4v) is 3.99. The summed E-state index contributed by atoms with van der Waals surface area (Å²) in [5, 5.41) is 27.3. The molecule has 0 unspecified atom stereocenters. The third-order valence-corrected chi connectivity index (χ3v) is 5.39. The molecule has 0 radical (unpaired) electrons. The number of ether oxygens (including phenoxy) is 1. The van der Waals surface area contributed by atoms with Crippen LogP contribution < -0.4 is 0 Å². The summed E-state index contributed by atoms with van der Waals surface area (Å²) in [5.41, 5.74) is 3.33. The van der Waals surface area contributed by atoms with Gasteiger partial charge in [-0.2, -0.15) is 0 Å². The Hall–Kier alpha value is -4.50. The van der Waals surface area contributed by atoms with Gasteiger partial charge < -0.3 is 24.1 Å². The maximum Gasteiger partial charge on any atom is 0.291 e. The van der Waals surface area contributed by atoms with Crippen molar-refractivity contribution in [2.45, 2.75) is 13.5 Å². The van der Waals surface area contributed by atoms with Crippen LogP contribution in [-0.4, -0.2) is 78.1 Å². The van der Waals surface area contributed by atoms with Crippen molar-refractivity contribution in [2.24, 2.45) is 0 Å². The van der Waals surface area contributed by atoms with Crippen LogP contribution in [0.5, 0.6) is 0 Å². The summed E-state index contributed by atoms with van der Waals surface area (Å²) < 4.78 is 15.0. The molecule has 1 saturated heterocycles. The number of fused-ring (bicyclic) bond motifs is 3. The largest absolute Gasteiger partial charge is 0.461 e. The number of hydrogen-bond acceptors (Lipinski definition) is 9. The average molecular weight is 504 g/mol. The van der Waals surface area contributed by atoms with Gasteiger partial charge >= 0.3 is 0 Å². The summed E-state index contributed by atoms with van der Waals surface area (Å²) in [7, 11) is 0. The number of aryl methyl sites for hydroxylation is 1. The molecule has 0 spiro atoms. The summed E-state index contributed by atoms with van der Waals surface area (Å²) in [5.74, 6) is 0.975. The Bertz CT molecular complexity index is 1320. The lowest BCUT2D eigenvalue weighted by atomic mass is 10.2. The van der Waals surface area contributed by atoms with Gasteiger partial charge in [-0.1, -0.05) is 12.1 Å². The van der Waals surface area contributed by atoms with Crippen molar-refractivity contribution in [2.75, 3.05) is 32.8 Å². The van der Waals surface area contributed by atoms with Gasteiger partial charge in [0.25, 0.3) is 10.2 Å². The number of benzene rings is 1. The Morgan fingerprint density at radius 1 is 1.03 bits per heavy atom. The van der Waals surface area contributed by atoms with Crippen LogP contribution in [0.4, 0.5) is 0 Å². The molecule has 15 heteroatoms. The molecule has 3 aromatic heterocycles. The van der Waals surface area contributed by atoms with E-state index in [0.29, 0.717) is 17.1 Å². The Kier molecular flexibility index (Phi) is 8.53. The third kappa shape index (κ3) is 6.13. The van der Waals surface area contributed by atoms with Crippen LogP contribution in [0.15, 0.2) is 47.1 Å². The van der Waals surface area contributed by atoms with Crippen LogP contribution in [0.1, 0.15) is 21.9 Å². The second kappa shape index (κ2) is 11.8. The molecule has 4 aromatic rings. The first-order valence-electron chi connectivity index (χ1n) is 10.7. The minimum atomic E-state index is -1.50. The molecule has 36 heavy (non-hydrogen) atoms. The van der Waals surface area contributed by atoms with Crippen LogP contribution in [0.2, 0.25) is 0 Å². The first kappa shape index (κ1) is 26.1. The number of aromatic nitrogens is 3. The lowest BCUT2D eigenvalue weighted by Crippen LogP contribution is -2.38. The van der Waals surface area contributed by atoms with Crippen molar-refractivity contribution in [3.63, 3.8) is 0 Å². The topological polar surface area (TPSA) is 192 Å². The van der Waals surface area contributed by atoms with E-state index in [4.69, 9.17) is 44.8 Å². The van der Waals surface area contributed by atoms with Crippen LogP contribution in [-0.2, 0) is 11.3 Å². The van der Waals surface area contributed by atoms with E-state index in [9.17, 15) is 4.79 Å². The number of ketones is 1. The molecule has 1 aromatic carbocycles. The Morgan fingerprint density at radius 3 is 2.22 bits per heavy atom. The minimum Gasteiger partial charge on any atom is -0.461 e. The molecule has 0 saturated carbocycles. The number of furan rings is 1. The van der Waals surface area contributed by atoms with Gasteiger partial charge in [-0.3, -0.25) is 14.1 Å². The molecule has 0 amide bonds. The highest BCUT2D eigenvalue weighted by molar-refractivity contribution is 6.08. The monoisotopic (exact) mass is 504 g/mol. The molecule has 5 rings (SSSR count). The van der Waals surface area contributed by atoms with E-state index >= 15 is 0 Å². The highest BCUT2D eigenvalue weighted by Crippen LogP contribution is 2.26. The molecule has 15 nitrogen and oxygen atoms in total. The van der Waals surface area contributed by atoms with E-state index < -0.39 is 10.2 Å². The number of imidazole rings is 2. The van der Waals surface area contributed by atoms with Gasteiger partial charge in [-0.05, 0) is 31.2 Å². The van der Waals surface area contributed by atoms with Crippen LogP contribution in [0.3, 0.4) is 0 Å². The first-order chi connectivity index (χ1) is 17.2. The van der Waals surface area contributed by atoms with Crippen molar-refractivity contribution in [1.29, 1.82) is 0 Å². The predicted molar refractivity (Wildman–Crippen MR) is 122 cm³/mol. The molecule has 0 atom stereocenters. The van der Waals surface area contributed by atoms with Crippen molar-refractivity contribution in [3.8, 4) is 0 Å². The number of morpholine rings is 1. The Labute approximate surface area is 202 Å². The highest BCUT2D eigenvalue weighted by Gasteiger charge is 2.25. The van der Waals surface area contributed by atoms with E-state index in [2.05, 4.69) is 15.5 Å². The molecule has 1 aliphatic rings. The Balaban J connectivity index is 0.000000398. The molecule has 0 bridgehead atoms. The number of para-hydroxylation sites is 2. The zero-order valence-electron chi connectivity index (χ0n) is 19.2. The summed E-state index contributed by atoms with van der Waals surface area (Å²) in [6.07, 6.45) is 1.52. The normalized spacial score (nSPS) is 13.5. The highest BCUT2D eigenvalue weighted by atomic mass is 16.9. The standard InChI is InChI=1S/C21H22N4O3.2HNO3/c1-15-19(20(26)18-7-4-12-28-18)25-17-6-3-2-5-16(17)24(21(25)22-15)9-8-23-10-13-27-14-11-23;2*2-1(3)4/h2-7,12H,8-11,13-14H2,1H3;2*(H,2,3,4). The SMILES string of the molecule is Cc1nc2n(CCN3CCOCC3)c3ccccc3n2c1C(=O)c1ccco1.O=[N+]([O-])O.O=[N+]([O-])O. The quantitative estimate of drug-likeness (QED) is 0.230. The van der Waals surface area contributed by atoms with Crippen molar-refractivity contribution >= 4 is 22.6 Å². The fourth-order valence-electron chi connectivity index (χ4n) is 3.99. The maximum atomic E-state index is 13.1. The number of carbonyl (C=O) groups excluding carboxylic acids is 1. The van der Waals surface area contributed by atoms with Gasteiger partial charge in [-0.15, -0.1) is 20.2 Å². The number of hydrogen-bond donors (Lipinski definition) is 2. The smallest absolute Gasteiger partial charge is 0.291 e. The second-order valence-corrected chi connectivity index (χ2v) is 7.56. The Morgan fingerprint density at radius 2 is 1.64 bits per heavy atom. The van der Waals surface area contributed by atoms with Gasteiger partial charge in [0.15, 0.2) is 5.76 Å². The van der Waals surface area contributed by atoms with Crippen molar-refractivity contribution < 1.29 is 34.5 Å². The molecule has 2 N–H and O–H groups in total. The maximum absolute atomic E-state index is 13.1.